The Balaban J connectivity index is 2.37. The van der Waals surface area contributed by atoms with E-state index < -0.39 is 23.5 Å². The van der Waals surface area contributed by atoms with Crippen LogP contribution in [0.1, 0.15) is 54.7 Å². The summed E-state index contributed by atoms with van der Waals surface area (Å²) in [5.74, 6) is -1.41. The van der Waals surface area contributed by atoms with Gasteiger partial charge in [-0.15, -0.1) is 0 Å². The van der Waals surface area contributed by atoms with Crippen molar-refractivity contribution in [3.63, 3.8) is 0 Å². The van der Waals surface area contributed by atoms with Gasteiger partial charge in [0.05, 0.1) is 24.8 Å². The van der Waals surface area contributed by atoms with Gasteiger partial charge in [0.15, 0.2) is 0 Å². The fourth-order valence-electron chi connectivity index (χ4n) is 2.51. The van der Waals surface area contributed by atoms with E-state index in [0.717, 1.165) is 0 Å². The molecule has 0 bridgehead atoms. The summed E-state index contributed by atoms with van der Waals surface area (Å²) in [6.07, 6.45) is -0.000697. The molecule has 0 saturated heterocycles. The molecule has 0 saturated carbocycles. The van der Waals surface area contributed by atoms with Crippen LogP contribution in [-0.4, -0.2) is 34.7 Å². The van der Waals surface area contributed by atoms with Gasteiger partial charge in [-0.1, -0.05) is 12.1 Å². The molecule has 1 aromatic heterocycles. The van der Waals surface area contributed by atoms with Gasteiger partial charge >= 0.3 is 11.9 Å². The number of carbonyl (C=O) groups is 2. The molecule has 0 spiro atoms. The van der Waals surface area contributed by atoms with Crippen LogP contribution < -0.4 is 0 Å². The normalized spacial score (nSPS) is 12.3. The molecule has 1 heterocycles. The Morgan fingerprint density at radius 1 is 1.15 bits per heavy atom. The smallest absolute Gasteiger partial charge is 0.338 e. The third-order valence-corrected chi connectivity index (χ3v) is 4.19. The van der Waals surface area contributed by atoms with Crippen LogP contribution in [0.3, 0.4) is 0 Å². The average molecular weight is 436 g/mol. The number of nitrogens with zero attached hydrogens (tertiary/aromatic N) is 1. The number of halogens is 1. The number of hydrogen-bond acceptors (Lipinski definition) is 6. The zero-order valence-electron chi connectivity index (χ0n) is 15.7. The fraction of sp³-hybridized carbons (Fsp3) is 0.350. The van der Waals surface area contributed by atoms with E-state index in [1.54, 1.807) is 51.1 Å². The van der Waals surface area contributed by atoms with Crippen molar-refractivity contribution in [2.75, 3.05) is 7.11 Å². The first-order chi connectivity index (χ1) is 12.6. The van der Waals surface area contributed by atoms with Gasteiger partial charge < -0.3 is 14.6 Å². The van der Waals surface area contributed by atoms with Gasteiger partial charge in [0.2, 0.25) is 0 Å². The molecule has 1 unspecified atom stereocenters. The van der Waals surface area contributed by atoms with Crippen molar-refractivity contribution < 1.29 is 24.2 Å². The van der Waals surface area contributed by atoms with Gasteiger partial charge in [-0.3, -0.25) is 4.79 Å². The number of benzene rings is 1. The van der Waals surface area contributed by atoms with E-state index in [2.05, 4.69) is 20.9 Å². The first-order valence-electron chi connectivity index (χ1n) is 8.36. The zero-order valence-corrected chi connectivity index (χ0v) is 17.2. The molecule has 2 aromatic rings. The highest BCUT2D eigenvalue weighted by atomic mass is 79.9. The Morgan fingerprint density at radius 3 is 2.33 bits per heavy atom. The quantitative estimate of drug-likeness (QED) is 0.559. The average Bonchev–Trinajstić information content (AvgIpc) is 2.60. The standard InChI is InChI=1S/C20H22BrNO5/c1-20(2,3)27-19(25)13-7-5-12(6-8-13)14(11-17(24)26-4)18-15(23)9-10-16(21)22-18/h5-10,14,23H,11H2,1-4H3. The predicted molar refractivity (Wildman–Crippen MR) is 104 cm³/mol. The number of ether oxygens (including phenoxy) is 2. The van der Waals surface area contributed by atoms with Gasteiger partial charge in [0.25, 0.3) is 0 Å². The van der Waals surface area contributed by atoms with Crippen LogP contribution in [0.5, 0.6) is 5.75 Å². The highest BCUT2D eigenvalue weighted by Crippen LogP contribution is 2.34. The number of esters is 2. The lowest BCUT2D eigenvalue weighted by molar-refractivity contribution is -0.140. The molecule has 0 amide bonds. The van der Waals surface area contributed by atoms with E-state index in [1.807, 2.05) is 0 Å². The Morgan fingerprint density at radius 2 is 1.78 bits per heavy atom. The van der Waals surface area contributed by atoms with Crippen molar-refractivity contribution in [2.45, 2.75) is 38.7 Å². The van der Waals surface area contributed by atoms with Crippen molar-refractivity contribution in [2.24, 2.45) is 0 Å². The van der Waals surface area contributed by atoms with E-state index in [4.69, 9.17) is 9.47 Å². The maximum Gasteiger partial charge on any atom is 0.338 e. The maximum atomic E-state index is 12.2. The molecule has 2 rings (SSSR count). The van der Waals surface area contributed by atoms with Crippen LogP contribution in [-0.2, 0) is 14.3 Å². The number of methoxy groups -OCH3 is 1. The summed E-state index contributed by atoms with van der Waals surface area (Å²) >= 11 is 3.28. The van der Waals surface area contributed by atoms with E-state index >= 15 is 0 Å². The molecule has 0 aliphatic rings. The summed E-state index contributed by atoms with van der Waals surface area (Å²) in [6, 6.07) is 9.81. The molecular formula is C20H22BrNO5. The Bertz CT molecular complexity index is 827. The minimum absolute atomic E-state index is 0.000697. The van der Waals surface area contributed by atoms with Crippen LogP contribution >= 0.6 is 15.9 Å². The molecule has 0 radical (unpaired) electrons. The number of aromatic hydroxyl groups is 1. The summed E-state index contributed by atoms with van der Waals surface area (Å²) in [5.41, 5.74) is 0.875. The minimum Gasteiger partial charge on any atom is -0.506 e. The molecule has 144 valence electrons. The van der Waals surface area contributed by atoms with Crippen molar-refractivity contribution in [1.29, 1.82) is 0 Å². The third kappa shape index (κ3) is 5.79. The lowest BCUT2D eigenvalue weighted by Crippen LogP contribution is -2.23. The Labute approximate surface area is 166 Å². The van der Waals surface area contributed by atoms with Gasteiger partial charge in [0.1, 0.15) is 16.0 Å². The monoisotopic (exact) mass is 435 g/mol. The second kappa shape index (κ2) is 8.52. The first kappa shape index (κ1) is 20.9. The second-order valence-electron chi connectivity index (χ2n) is 7.00. The van der Waals surface area contributed by atoms with Crippen molar-refractivity contribution >= 4 is 27.9 Å². The van der Waals surface area contributed by atoms with Crippen LogP contribution in [0, 0.1) is 0 Å². The summed E-state index contributed by atoms with van der Waals surface area (Å²) in [7, 11) is 1.30. The molecule has 1 atom stereocenters. The lowest BCUT2D eigenvalue weighted by Gasteiger charge is -2.20. The summed E-state index contributed by atoms with van der Waals surface area (Å²) < 4.78 is 10.7. The molecule has 7 heteroatoms. The molecule has 6 nitrogen and oxygen atoms in total. The van der Waals surface area contributed by atoms with Gasteiger partial charge in [-0.2, -0.15) is 0 Å². The predicted octanol–water partition coefficient (Wildman–Crippen LogP) is 4.20. The van der Waals surface area contributed by atoms with Crippen molar-refractivity contribution in [3.05, 3.63) is 57.8 Å². The van der Waals surface area contributed by atoms with Crippen LogP contribution in [0.2, 0.25) is 0 Å². The second-order valence-corrected chi connectivity index (χ2v) is 7.81. The molecule has 1 N–H and O–H groups in total. The number of pyridine rings is 1. The molecule has 0 aliphatic heterocycles. The van der Waals surface area contributed by atoms with Crippen LogP contribution in [0.4, 0.5) is 0 Å². The summed E-state index contributed by atoms with van der Waals surface area (Å²) in [6.45, 7) is 5.40. The lowest BCUT2D eigenvalue weighted by atomic mass is 9.91. The molecule has 27 heavy (non-hydrogen) atoms. The van der Waals surface area contributed by atoms with Crippen molar-refractivity contribution in [1.82, 2.24) is 4.98 Å². The van der Waals surface area contributed by atoms with E-state index in [9.17, 15) is 14.7 Å². The highest BCUT2D eigenvalue weighted by molar-refractivity contribution is 9.10. The fourth-order valence-corrected chi connectivity index (χ4v) is 2.83. The van der Waals surface area contributed by atoms with Crippen LogP contribution in [0.25, 0.3) is 0 Å². The zero-order chi connectivity index (χ0) is 20.2. The molecular weight excluding hydrogens is 414 g/mol. The summed E-state index contributed by atoms with van der Waals surface area (Å²) in [5, 5.41) is 10.2. The molecule has 0 fully saturated rings. The van der Waals surface area contributed by atoms with Crippen molar-refractivity contribution in [3.8, 4) is 5.75 Å². The number of rotatable bonds is 5. The first-order valence-corrected chi connectivity index (χ1v) is 9.15. The maximum absolute atomic E-state index is 12.2. The van der Waals surface area contributed by atoms with Gasteiger partial charge in [0, 0.05) is 5.92 Å². The van der Waals surface area contributed by atoms with E-state index in [1.165, 1.54) is 13.2 Å². The SMILES string of the molecule is COC(=O)CC(c1ccc(C(=O)OC(C)(C)C)cc1)c1nc(Br)ccc1O. The largest absolute Gasteiger partial charge is 0.506 e. The number of hydrogen-bond donors (Lipinski definition) is 1. The number of carbonyl (C=O) groups excluding carboxylic acids is 2. The van der Waals surface area contributed by atoms with E-state index in [0.29, 0.717) is 21.4 Å². The Hall–Kier alpha value is -2.41. The van der Waals surface area contributed by atoms with Gasteiger partial charge in [-0.05, 0) is 66.5 Å². The Kier molecular flexibility index (Phi) is 6.59. The number of aromatic nitrogens is 1. The van der Waals surface area contributed by atoms with Gasteiger partial charge in [-0.25, -0.2) is 9.78 Å². The topological polar surface area (TPSA) is 85.7 Å². The van der Waals surface area contributed by atoms with E-state index in [-0.39, 0.29) is 12.2 Å². The third-order valence-electron chi connectivity index (χ3n) is 3.74. The van der Waals surface area contributed by atoms with Crippen LogP contribution in [0.15, 0.2) is 41.0 Å². The minimum atomic E-state index is -0.588. The summed E-state index contributed by atoms with van der Waals surface area (Å²) in [4.78, 5) is 28.4. The molecule has 0 aliphatic carbocycles. The highest BCUT2D eigenvalue weighted by Gasteiger charge is 2.24. The molecule has 1 aromatic carbocycles.